The number of benzene rings is 1. The van der Waals surface area contributed by atoms with Gasteiger partial charge in [0, 0.05) is 18.7 Å². The van der Waals surface area contributed by atoms with Gasteiger partial charge in [-0.25, -0.2) is 9.67 Å². The Bertz CT molecular complexity index is 522. The number of ether oxygens (including phenoxy) is 1. The average molecular weight is 260 g/mol. The zero-order chi connectivity index (χ0) is 13.7. The van der Waals surface area contributed by atoms with E-state index in [0.29, 0.717) is 12.2 Å². The van der Waals surface area contributed by atoms with Crippen LogP contribution in [0.4, 0.5) is 0 Å². The van der Waals surface area contributed by atoms with Crippen LogP contribution in [0.3, 0.4) is 0 Å². The summed E-state index contributed by atoms with van der Waals surface area (Å²) < 4.78 is 6.61. The molecule has 100 valence electrons. The molecule has 1 aromatic heterocycles. The van der Waals surface area contributed by atoms with Gasteiger partial charge in [-0.2, -0.15) is 5.10 Å². The van der Waals surface area contributed by atoms with Gasteiger partial charge in [-0.15, -0.1) is 0 Å². The molecule has 1 unspecified atom stereocenters. The molecule has 0 aliphatic carbocycles. The summed E-state index contributed by atoms with van der Waals surface area (Å²) in [5.41, 5.74) is 1.46. The minimum absolute atomic E-state index is 0.0208. The van der Waals surface area contributed by atoms with E-state index in [0.717, 1.165) is 5.69 Å². The lowest BCUT2D eigenvalue weighted by Crippen LogP contribution is -2.35. The second kappa shape index (κ2) is 6.10. The zero-order valence-electron chi connectivity index (χ0n) is 10.9. The summed E-state index contributed by atoms with van der Waals surface area (Å²) in [6.07, 6.45) is 3.07. The van der Waals surface area contributed by atoms with Crippen molar-refractivity contribution in [3.8, 4) is 5.69 Å². The summed E-state index contributed by atoms with van der Waals surface area (Å²) in [6.45, 7) is 2.38. The fourth-order valence-corrected chi connectivity index (χ4v) is 1.71. The predicted octanol–water partition coefficient (Wildman–Crippen LogP) is 1.03. The highest BCUT2D eigenvalue weighted by molar-refractivity contribution is 5.94. The van der Waals surface area contributed by atoms with Gasteiger partial charge < -0.3 is 10.1 Å². The van der Waals surface area contributed by atoms with Crippen molar-refractivity contribution in [3.05, 3.63) is 42.5 Å². The van der Waals surface area contributed by atoms with Gasteiger partial charge in [0.15, 0.2) is 0 Å². The number of carbonyl (C=O) groups excluding carboxylic acids is 1. The van der Waals surface area contributed by atoms with E-state index in [1.165, 1.54) is 6.33 Å². The average Bonchev–Trinajstić information content (AvgIpc) is 2.93. The Labute approximate surface area is 111 Å². The van der Waals surface area contributed by atoms with Crippen molar-refractivity contribution in [1.82, 2.24) is 20.1 Å². The summed E-state index contributed by atoms with van der Waals surface area (Å²) in [5, 5.41) is 6.87. The number of hydrogen-bond donors (Lipinski definition) is 1. The highest BCUT2D eigenvalue weighted by Crippen LogP contribution is 2.08. The third-order valence-electron chi connectivity index (χ3n) is 2.61. The third kappa shape index (κ3) is 3.38. The first kappa shape index (κ1) is 13.2. The molecular formula is C13H16N4O2. The molecule has 0 radical (unpaired) electrons. The number of methoxy groups -OCH3 is 1. The normalized spacial score (nSPS) is 12.1. The number of carbonyl (C=O) groups is 1. The standard InChI is InChI=1S/C13H16N4O2/c1-10(7-19-2)16-13(18)11-3-5-12(6-4-11)17-9-14-8-15-17/h3-6,8-10H,7H2,1-2H3,(H,16,18). The molecule has 1 aromatic carbocycles. The Balaban J connectivity index is 2.04. The Kier molecular flexibility index (Phi) is 4.25. The van der Waals surface area contributed by atoms with Crippen LogP contribution in [0.1, 0.15) is 17.3 Å². The molecule has 0 spiro atoms. The summed E-state index contributed by atoms with van der Waals surface area (Å²) >= 11 is 0. The van der Waals surface area contributed by atoms with Crippen molar-refractivity contribution in [1.29, 1.82) is 0 Å². The predicted molar refractivity (Wildman–Crippen MR) is 70.2 cm³/mol. The minimum Gasteiger partial charge on any atom is -0.383 e. The summed E-state index contributed by atoms with van der Waals surface area (Å²) in [4.78, 5) is 15.8. The van der Waals surface area contributed by atoms with E-state index in [-0.39, 0.29) is 11.9 Å². The molecule has 0 fully saturated rings. The fourth-order valence-electron chi connectivity index (χ4n) is 1.71. The zero-order valence-corrected chi connectivity index (χ0v) is 10.9. The SMILES string of the molecule is COCC(C)NC(=O)c1ccc(-n2cncn2)cc1. The van der Waals surface area contributed by atoms with Crippen LogP contribution in [-0.4, -0.2) is 40.4 Å². The van der Waals surface area contributed by atoms with Crippen molar-refractivity contribution in [3.63, 3.8) is 0 Å². The molecular weight excluding hydrogens is 244 g/mol. The number of nitrogens with zero attached hydrogens (tertiary/aromatic N) is 3. The van der Waals surface area contributed by atoms with Crippen LogP contribution < -0.4 is 5.32 Å². The second-order valence-electron chi connectivity index (χ2n) is 4.22. The van der Waals surface area contributed by atoms with Gasteiger partial charge in [0.05, 0.1) is 12.3 Å². The third-order valence-corrected chi connectivity index (χ3v) is 2.61. The van der Waals surface area contributed by atoms with Gasteiger partial charge in [-0.05, 0) is 31.2 Å². The van der Waals surface area contributed by atoms with E-state index in [1.807, 2.05) is 19.1 Å². The molecule has 2 rings (SSSR count). The molecule has 6 heteroatoms. The van der Waals surface area contributed by atoms with E-state index in [2.05, 4.69) is 15.4 Å². The fraction of sp³-hybridized carbons (Fsp3) is 0.308. The van der Waals surface area contributed by atoms with Crippen molar-refractivity contribution >= 4 is 5.91 Å². The molecule has 0 saturated heterocycles. The number of aromatic nitrogens is 3. The van der Waals surface area contributed by atoms with Crippen LogP contribution in [0.15, 0.2) is 36.9 Å². The summed E-state index contributed by atoms with van der Waals surface area (Å²) in [7, 11) is 1.61. The molecule has 6 nitrogen and oxygen atoms in total. The maximum absolute atomic E-state index is 11.9. The van der Waals surface area contributed by atoms with Crippen molar-refractivity contribution in [2.24, 2.45) is 0 Å². The number of nitrogens with one attached hydrogen (secondary N) is 1. The van der Waals surface area contributed by atoms with Gasteiger partial charge in [-0.3, -0.25) is 4.79 Å². The maximum atomic E-state index is 11.9. The molecule has 0 aliphatic heterocycles. The monoisotopic (exact) mass is 260 g/mol. The van der Waals surface area contributed by atoms with Crippen LogP contribution in [-0.2, 0) is 4.74 Å². The molecule has 2 aromatic rings. The number of hydrogen-bond acceptors (Lipinski definition) is 4. The molecule has 0 saturated carbocycles. The highest BCUT2D eigenvalue weighted by atomic mass is 16.5. The van der Waals surface area contributed by atoms with Gasteiger partial charge in [0.1, 0.15) is 12.7 Å². The molecule has 0 bridgehead atoms. The largest absolute Gasteiger partial charge is 0.383 e. The van der Waals surface area contributed by atoms with Crippen molar-refractivity contribution < 1.29 is 9.53 Å². The molecule has 0 aliphatic rings. The lowest BCUT2D eigenvalue weighted by Gasteiger charge is -2.12. The minimum atomic E-state index is -0.116. The Hall–Kier alpha value is -2.21. The van der Waals surface area contributed by atoms with E-state index < -0.39 is 0 Å². The number of rotatable bonds is 5. The second-order valence-corrected chi connectivity index (χ2v) is 4.22. The van der Waals surface area contributed by atoms with Gasteiger partial charge in [0.2, 0.25) is 0 Å². The van der Waals surface area contributed by atoms with Crippen molar-refractivity contribution in [2.75, 3.05) is 13.7 Å². The number of amides is 1. The lowest BCUT2D eigenvalue weighted by atomic mass is 10.2. The molecule has 1 heterocycles. The van der Waals surface area contributed by atoms with E-state index in [9.17, 15) is 4.79 Å². The van der Waals surface area contributed by atoms with Crippen molar-refractivity contribution in [2.45, 2.75) is 13.0 Å². The topological polar surface area (TPSA) is 69.0 Å². The van der Waals surface area contributed by atoms with E-state index >= 15 is 0 Å². The lowest BCUT2D eigenvalue weighted by molar-refractivity contribution is 0.0905. The molecule has 1 atom stereocenters. The van der Waals surface area contributed by atoms with Gasteiger partial charge in [-0.1, -0.05) is 0 Å². The first-order valence-corrected chi connectivity index (χ1v) is 5.95. The van der Waals surface area contributed by atoms with E-state index in [4.69, 9.17) is 4.74 Å². The molecule has 1 N–H and O–H groups in total. The van der Waals surface area contributed by atoms with E-state index in [1.54, 1.807) is 30.3 Å². The van der Waals surface area contributed by atoms with Crippen LogP contribution in [0, 0.1) is 0 Å². The first-order valence-electron chi connectivity index (χ1n) is 5.95. The smallest absolute Gasteiger partial charge is 0.251 e. The van der Waals surface area contributed by atoms with Crippen LogP contribution in [0.2, 0.25) is 0 Å². The summed E-state index contributed by atoms with van der Waals surface area (Å²) in [6, 6.07) is 7.14. The molecule has 19 heavy (non-hydrogen) atoms. The quantitative estimate of drug-likeness (QED) is 0.871. The van der Waals surface area contributed by atoms with Crippen LogP contribution in [0.5, 0.6) is 0 Å². The Morgan fingerprint density at radius 2 is 2.16 bits per heavy atom. The Morgan fingerprint density at radius 3 is 2.74 bits per heavy atom. The summed E-state index contributed by atoms with van der Waals surface area (Å²) in [5.74, 6) is -0.116. The molecule has 1 amide bonds. The van der Waals surface area contributed by atoms with Gasteiger partial charge in [0.25, 0.3) is 5.91 Å². The first-order chi connectivity index (χ1) is 9.20. The van der Waals surface area contributed by atoms with Crippen LogP contribution in [0.25, 0.3) is 5.69 Å². The Morgan fingerprint density at radius 1 is 1.42 bits per heavy atom. The highest BCUT2D eigenvalue weighted by Gasteiger charge is 2.09. The maximum Gasteiger partial charge on any atom is 0.251 e. The van der Waals surface area contributed by atoms with Crippen LogP contribution >= 0.6 is 0 Å². The van der Waals surface area contributed by atoms with Gasteiger partial charge >= 0.3 is 0 Å².